The number of nitrogens with zero attached hydrogens (tertiary/aromatic N) is 1. The Hall–Kier alpha value is -0.120. The molecule has 84 valence electrons. The van der Waals surface area contributed by atoms with Crippen molar-refractivity contribution in [1.82, 2.24) is 4.90 Å². The molecule has 3 nitrogen and oxygen atoms in total. The second-order valence-corrected chi connectivity index (χ2v) is 5.54. The molecule has 1 N–H and O–H groups in total. The molecule has 1 fully saturated rings. The summed E-state index contributed by atoms with van der Waals surface area (Å²) in [5.74, 6) is 0. The molecule has 0 aromatic rings. The summed E-state index contributed by atoms with van der Waals surface area (Å²) in [5.41, 5.74) is -0.886. The van der Waals surface area contributed by atoms with Crippen LogP contribution in [0, 0.1) is 0 Å². The molecule has 1 aliphatic heterocycles. The standard InChI is InChI=1S/C11H23NO2/c1-9(2)12-6-10(3,4)14-8-11(5,13)7-12/h9,13H,6-8H2,1-5H3/t11-/m0/s1. The average Bonchev–Trinajstić information content (AvgIpc) is 2.08. The van der Waals surface area contributed by atoms with Gasteiger partial charge < -0.3 is 9.84 Å². The number of rotatable bonds is 1. The van der Waals surface area contributed by atoms with Gasteiger partial charge >= 0.3 is 0 Å². The van der Waals surface area contributed by atoms with Crippen LogP contribution < -0.4 is 0 Å². The SMILES string of the molecule is CC(C)N1CC(C)(C)OC[C@@](C)(O)C1. The van der Waals surface area contributed by atoms with Gasteiger partial charge in [0.1, 0.15) is 0 Å². The summed E-state index contributed by atoms with van der Waals surface area (Å²) in [6, 6.07) is 0.447. The van der Waals surface area contributed by atoms with E-state index in [0.29, 0.717) is 19.2 Å². The van der Waals surface area contributed by atoms with Crippen LogP contribution >= 0.6 is 0 Å². The third-order valence-electron chi connectivity index (χ3n) is 2.63. The summed E-state index contributed by atoms with van der Waals surface area (Å²) >= 11 is 0. The quantitative estimate of drug-likeness (QED) is 0.693. The van der Waals surface area contributed by atoms with Crippen LogP contribution in [0.5, 0.6) is 0 Å². The van der Waals surface area contributed by atoms with E-state index in [9.17, 15) is 5.11 Å². The molecule has 3 heteroatoms. The molecular weight excluding hydrogens is 178 g/mol. The Morgan fingerprint density at radius 1 is 1.21 bits per heavy atom. The summed E-state index contributed by atoms with van der Waals surface area (Å²) in [7, 11) is 0. The number of β-amino-alcohol motifs (C(OH)–C–C–N with tert-alkyl or cyclic N) is 1. The van der Waals surface area contributed by atoms with Crippen molar-refractivity contribution in [3.63, 3.8) is 0 Å². The maximum Gasteiger partial charge on any atom is 0.0978 e. The van der Waals surface area contributed by atoms with Crippen molar-refractivity contribution in [3.8, 4) is 0 Å². The van der Waals surface area contributed by atoms with Crippen molar-refractivity contribution in [2.75, 3.05) is 19.7 Å². The number of hydrogen-bond acceptors (Lipinski definition) is 3. The van der Waals surface area contributed by atoms with Crippen molar-refractivity contribution in [3.05, 3.63) is 0 Å². The molecule has 0 saturated carbocycles. The lowest BCUT2D eigenvalue weighted by Crippen LogP contribution is -2.45. The van der Waals surface area contributed by atoms with Gasteiger partial charge in [-0.2, -0.15) is 0 Å². The lowest BCUT2D eigenvalue weighted by molar-refractivity contribution is -0.0738. The van der Waals surface area contributed by atoms with Gasteiger partial charge in [-0.15, -0.1) is 0 Å². The van der Waals surface area contributed by atoms with Crippen molar-refractivity contribution >= 4 is 0 Å². The van der Waals surface area contributed by atoms with Crippen molar-refractivity contribution in [2.24, 2.45) is 0 Å². The Morgan fingerprint density at radius 2 is 1.79 bits per heavy atom. The van der Waals surface area contributed by atoms with E-state index in [4.69, 9.17) is 4.74 Å². The van der Waals surface area contributed by atoms with Crippen LogP contribution in [0.15, 0.2) is 0 Å². The minimum Gasteiger partial charge on any atom is -0.386 e. The summed E-state index contributed by atoms with van der Waals surface area (Å²) < 4.78 is 5.69. The molecule has 0 aromatic carbocycles. The van der Waals surface area contributed by atoms with Crippen LogP contribution in [0.3, 0.4) is 0 Å². The van der Waals surface area contributed by atoms with Gasteiger partial charge in [-0.3, -0.25) is 4.90 Å². The Morgan fingerprint density at radius 3 is 2.29 bits per heavy atom. The van der Waals surface area contributed by atoms with Gasteiger partial charge in [0.05, 0.1) is 17.8 Å². The maximum atomic E-state index is 10.0. The first-order valence-corrected chi connectivity index (χ1v) is 5.32. The Kier molecular flexibility index (Phi) is 3.24. The second-order valence-electron chi connectivity index (χ2n) is 5.54. The first-order valence-electron chi connectivity index (χ1n) is 5.32. The molecule has 0 spiro atoms. The van der Waals surface area contributed by atoms with E-state index in [1.807, 2.05) is 6.92 Å². The molecule has 1 aliphatic rings. The van der Waals surface area contributed by atoms with Crippen LogP contribution in [-0.2, 0) is 4.74 Å². The van der Waals surface area contributed by atoms with E-state index in [-0.39, 0.29) is 5.60 Å². The molecule has 1 saturated heterocycles. The molecule has 1 atom stereocenters. The zero-order chi connectivity index (χ0) is 11.0. The van der Waals surface area contributed by atoms with Gasteiger partial charge in [0, 0.05) is 19.1 Å². The molecule has 0 radical (unpaired) electrons. The minimum atomic E-state index is -0.724. The minimum absolute atomic E-state index is 0.162. The van der Waals surface area contributed by atoms with Crippen molar-refractivity contribution in [1.29, 1.82) is 0 Å². The van der Waals surface area contributed by atoms with Crippen LogP contribution in [0.1, 0.15) is 34.6 Å². The van der Waals surface area contributed by atoms with Gasteiger partial charge in [-0.1, -0.05) is 0 Å². The lowest BCUT2D eigenvalue weighted by atomic mass is 10.1. The first-order chi connectivity index (χ1) is 6.22. The topological polar surface area (TPSA) is 32.7 Å². The molecule has 14 heavy (non-hydrogen) atoms. The van der Waals surface area contributed by atoms with E-state index in [0.717, 1.165) is 6.54 Å². The van der Waals surface area contributed by atoms with Crippen LogP contribution in [0.4, 0.5) is 0 Å². The van der Waals surface area contributed by atoms with Gasteiger partial charge in [0.15, 0.2) is 0 Å². The monoisotopic (exact) mass is 201 g/mol. The average molecular weight is 201 g/mol. The van der Waals surface area contributed by atoms with Gasteiger partial charge in [0.25, 0.3) is 0 Å². The maximum absolute atomic E-state index is 10.0. The van der Waals surface area contributed by atoms with E-state index in [1.165, 1.54) is 0 Å². The highest BCUT2D eigenvalue weighted by Crippen LogP contribution is 2.22. The second kappa shape index (κ2) is 3.80. The number of hydrogen-bond donors (Lipinski definition) is 1. The molecular formula is C11H23NO2. The van der Waals surface area contributed by atoms with E-state index < -0.39 is 5.60 Å². The van der Waals surface area contributed by atoms with Crippen molar-refractivity contribution in [2.45, 2.75) is 51.9 Å². The first kappa shape index (κ1) is 12.0. The normalized spacial score (nSPS) is 34.5. The summed E-state index contributed by atoms with van der Waals surface area (Å²) in [6.07, 6.45) is 0. The highest BCUT2D eigenvalue weighted by molar-refractivity contribution is 4.88. The molecule has 0 aromatic heterocycles. The Bertz CT molecular complexity index is 181. The third kappa shape index (κ3) is 3.23. The molecule has 0 amide bonds. The molecule has 0 aliphatic carbocycles. The van der Waals surface area contributed by atoms with Crippen LogP contribution in [0.2, 0.25) is 0 Å². The summed E-state index contributed by atoms with van der Waals surface area (Å²) in [6.45, 7) is 12.3. The van der Waals surface area contributed by atoms with Gasteiger partial charge in [-0.05, 0) is 34.6 Å². The Labute approximate surface area is 87.1 Å². The predicted octanol–water partition coefficient (Wildman–Crippen LogP) is 1.26. The summed E-state index contributed by atoms with van der Waals surface area (Å²) in [4.78, 5) is 2.27. The molecule has 0 unspecified atom stereocenters. The molecule has 1 heterocycles. The number of ether oxygens (including phenoxy) is 1. The van der Waals surface area contributed by atoms with E-state index >= 15 is 0 Å². The van der Waals surface area contributed by atoms with Gasteiger partial charge in [-0.25, -0.2) is 0 Å². The number of aliphatic hydroxyl groups is 1. The fourth-order valence-corrected chi connectivity index (χ4v) is 1.79. The van der Waals surface area contributed by atoms with E-state index in [1.54, 1.807) is 0 Å². The van der Waals surface area contributed by atoms with E-state index in [2.05, 4.69) is 32.6 Å². The molecule has 1 rings (SSSR count). The fraction of sp³-hybridized carbons (Fsp3) is 1.00. The highest BCUT2D eigenvalue weighted by Gasteiger charge is 2.35. The zero-order valence-corrected chi connectivity index (χ0v) is 10.0. The third-order valence-corrected chi connectivity index (χ3v) is 2.63. The predicted molar refractivity (Wildman–Crippen MR) is 57.4 cm³/mol. The van der Waals surface area contributed by atoms with Gasteiger partial charge in [0.2, 0.25) is 0 Å². The zero-order valence-electron chi connectivity index (χ0n) is 10.0. The Balaban J connectivity index is 2.76. The van der Waals surface area contributed by atoms with Crippen LogP contribution in [0.25, 0.3) is 0 Å². The summed E-state index contributed by atoms with van der Waals surface area (Å²) in [5, 5.41) is 10.0. The smallest absolute Gasteiger partial charge is 0.0978 e. The fourth-order valence-electron chi connectivity index (χ4n) is 1.79. The highest BCUT2D eigenvalue weighted by atomic mass is 16.5. The van der Waals surface area contributed by atoms with Crippen molar-refractivity contribution < 1.29 is 9.84 Å². The largest absolute Gasteiger partial charge is 0.386 e. The lowest BCUT2D eigenvalue weighted by Gasteiger charge is -2.32. The van der Waals surface area contributed by atoms with Crippen LogP contribution in [-0.4, -0.2) is 46.9 Å². The molecule has 0 bridgehead atoms.